The van der Waals surface area contributed by atoms with E-state index in [0.717, 1.165) is 36.0 Å². The average Bonchev–Trinajstić information content (AvgIpc) is 3.67. The molecule has 0 unspecified atom stereocenters. The molecule has 0 bridgehead atoms. The number of ether oxygens (including phenoxy) is 1. The summed E-state index contributed by atoms with van der Waals surface area (Å²) in [5.41, 5.74) is 2.13. The highest BCUT2D eigenvalue weighted by Gasteiger charge is 2.49. The highest BCUT2D eigenvalue weighted by atomic mass is 32.1. The first-order valence-electron chi connectivity index (χ1n) is 14.6. The van der Waals surface area contributed by atoms with Crippen LogP contribution in [0.4, 0.5) is 37.3 Å². The summed E-state index contributed by atoms with van der Waals surface area (Å²) < 4.78 is 95.7. The van der Waals surface area contributed by atoms with Gasteiger partial charge in [-0.25, -0.2) is 18.2 Å². The van der Waals surface area contributed by atoms with Gasteiger partial charge < -0.3 is 15.4 Å². The molecule has 0 radical (unpaired) electrons. The molecule has 15 heteroatoms. The molecular formula is C30H27F6N7OS. The van der Waals surface area contributed by atoms with E-state index in [-0.39, 0.29) is 63.6 Å². The number of fused-ring (bicyclic) bond motifs is 3. The van der Waals surface area contributed by atoms with E-state index in [2.05, 4.69) is 21.0 Å². The molecule has 3 aliphatic rings. The number of anilines is 2. The zero-order valence-electron chi connectivity index (χ0n) is 23.8. The minimum atomic E-state index is -5.02. The molecule has 2 aromatic carbocycles. The second-order valence-electron chi connectivity index (χ2n) is 11.9. The number of nitrogens with two attached hydrogens (primary N) is 1. The standard InChI is InChI=1S/C30H27F6N7OS/c31-16-11-29(6-1-7-43(29)13-16)14-44-28-40-23-18(26(41-28)42-8-4-15(12-37)5-9-42)10-19(30(34,35)36)21(22(23)33)17-2-3-20(32)25-24(17)39-27(38)45-25/h2-3,10,15-16H,1,4-9,11,13-14H2,(H2,38,39)/t16-,29+/m1/s1. The zero-order valence-corrected chi connectivity index (χ0v) is 24.6. The maximum absolute atomic E-state index is 16.7. The van der Waals surface area contributed by atoms with Crippen LogP contribution in [0.15, 0.2) is 18.2 Å². The normalized spacial score (nSPS) is 22.8. The van der Waals surface area contributed by atoms with Crippen molar-refractivity contribution in [1.29, 1.82) is 5.26 Å². The maximum Gasteiger partial charge on any atom is 0.417 e. The number of halogens is 6. The van der Waals surface area contributed by atoms with Gasteiger partial charge in [-0.3, -0.25) is 4.90 Å². The molecule has 8 nitrogen and oxygen atoms in total. The van der Waals surface area contributed by atoms with Crippen LogP contribution in [-0.4, -0.2) is 64.3 Å². The van der Waals surface area contributed by atoms with Crippen molar-refractivity contribution in [3.63, 3.8) is 0 Å². The second-order valence-corrected chi connectivity index (χ2v) is 12.9. The first-order chi connectivity index (χ1) is 21.5. The molecule has 0 saturated carbocycles. The van der Waals surface area contributed by atoms with Crippen molar-refractivity contribution >= 4 is 43.4 Å². The first kappa shape index (κ1) is 29.8. The first-order valence-corrected chi connectivity index (χ1v) is 15.4. The number of alkyl halides is 4. The Morgan fingerprint density at radius 2 is 1.89 bits per heavy atom. The number of hydrogen-bond donors (Lipinski definition) is 1. The van der Waals surface area contributed by atoms with Gasteiger partial charge >= 0.3 is 12.2 Å². The molecule has 0 aliphatic carbocycles. The molecule has 2 N–H and O–H groups in total. The van der Waals surface area contributed by atoms with E-state index in [1.165, 1.54) is 0 Å². The number of thiazole rings is 1. The fraction of sp³-hybridized carbons (Fsp3) is 0.467. The molecule has 2 aromatic heterocycles. The van der Waals surface area contributed by atoms with E-state index in [4.69, 9.17) is 10.5 Å². The Morgan fingerprint density at radius 3 is 2.62 bits per heavy atom. The van der Waals surface area contributed by atoms with E-state index >= 15 is 4.39 Å². The Labute approximate surface area is 257 Å². The van der Waals surface area contributed by atoms with Crippen LogP contribution in [-0.2, 0) is 6.18 Å². The van der Waals surface area contributed by atoms with Gasteiger partial charge in [0.05, 0.1) is 27.4 Å². The lowest BCUT2D eigenvalue weighted by molar-refractivity contribution is -0.137. The Hall–Kier alpha value is -3.90. The van der Waals surface area contributed by atoms with Crippen molar-refractivity contribution < 1.29 is 31.1 Å². The lowest BCUT2D eigenvalue weighted by atomic mass is 9.94. The maximum atomic E-state index is 16.7. The molecule has 45 heavy (non-hydrogen) atoms. The van der Waals surface area contributed by atoms with Crippen LogP contribution in [0.25, 0.3) is 32.2 Å². The number of rotatable bonds is 5. The predicted molar refractivity (Wildman–Crippen MR) is 157 cm³/mol. The summed E-state index contributed by atoms with van der Waals surface area (Å²) in [7, 11) is 0. The number of nitrogens with zero attached hydrogens (tertiary/aromatic N) is 6. The molecule has 0 amide bonds. The Balaban J connectivity index is 1.41. The number of nitrogen functional groups attached to an aromatic ring is 1. The summed E-state index contributed by atoms with van der Waals surface area (Å²) in [6.07, 6.45) is -3.33. The van der Waals surface area contributed by atoms with E-state index in [9.17, 15) is 27.2 Å². The summed E-state index contributed by atoms with van der Waals surface area (Å²) >= 11 is 0.744. The second kappa shape index (κ2) is 10.9. The molecule has 3 aliphatic heterocycles. The third-order valence-electron chi connectivity index (χ3n) is 9.19. The summed E-state index contributed by atoms with van der Waals surface area (Å²) in [6.45, 7) is 1.62. The van der Waals surface area contributed by atoms with Gasteiger partial charge in [-0.1, -0.05) is 11.3 Å². The Bertz CT molecular complexity index is 1850. The SMILES string of the molecule is N#CC1CCN(c2nc(OC[C@@]34CCCN3C[C@H](F)C4)nc3c(F)c(-c4ccc(F)c5sc(N)nc45)c(C(F)(F)F)cc23)CC1. The molecule has 4 aromatic rings. The Kier molecular flexibility index (Phi) is 7.20. The number of piperidine rings is 1. The van der Waals surface area contributed by atoms with Crippen LogP contribution >= 0.6 is 11.3 Å². The molecule has 7 rings (SSSR count). The quantitative estimate of drug-likeness (QED) is 0.246. The summed E-state index contributed by atoms with van der Waals surface area (Å²) in [4.78, 5) is 16.5. The van der Waals surface area contributed by atoms with Gasteiger partial charge in [0.25, 0.3) is 0 Å². The van der Waals surface area contributed by atoms with Crippen LogP contribution in [0, 0.1) is 28.9 Å². The Morgan fingerprint density at radius 1 is 1.11 bits per heavy atom. The highest BCUT2D eigenvalue weighted by molar-refractivity contribution is 7.22. The van der Waals surface area contributed by atoms with Crippen molar-refractivity contribution in [3.05, 3.63) is 35.4 Å². The lowest BCUT2D eigenvalue weighted by Crippen LogP contribution is -2.43. The molecule has 3 saturated heterocycles. The smallest absolute Gasteiger partial charge is 0.417 e. The zero-order chi connectivity index (χ0) is 31.7. The predicted octanol–water partition coefficient (Wildman–Crippen LogP) is 6.48. The molecule has 5 heterocycles. The van der Waals surface area contributed by atoms with Crippen LogP contribution in [0.2, 0.25) is 0 Å². The van der Waals surface area contributed by atoms with Crippen LogP contribution in [0.5, 0.6) is 6.01 Å². The van der Waals surface area contributed by atoms with E-state index in [1.807, 2.05) is 4.90 Å². The van der Waals surface area contributed by atoms with Gasteiger partial charge in [0, 0.05) is 48.5 Å². The lowest BCUT2D eigenvalue weighted by Gasteiger charge is -2.32. The monoisotopic (exact) mass is 647 g/mol. The molecule has 0 spiro atoms. The number of nitriles is 1. The van der Waals surface area contributed by atoms with Gasteiger partial charge in [0.1, 0.15) is 29.9 Å². The van der Waals surface area contributed by atoms with Crippen molar-refractivity contribution in [2.75, 3.05) is 43.4 Å². The molecule has 2 atom stereocenters. The minimum Gasteiger partial charge on any atom is -0.461 e. The summed E-state index contributed by atoms with van der Waals surface area (Å²) in [5, 5.41) is 9.10. The fourth-order valence-electron chi connectivity index (χ4n) is 7.05. The minimum absolute atomic E-state index is 0.0284. The molecule has 3 fully saturated rings. The van der Waals surface area contributed by atoms with Crippen LogP contribution in [0.3, 0.4) is 0 Å². The topological polar surface area (TPSA) is 104 Å². The van der Waals surface area contributed by atoms with Gasteiger partial charge in [0.15, 0.2) is 10.9 Å². The van der Waals surface area contributed by atoms with E-state index in [0.29, 0.717) is 38.9 Å². The van der Waals surface area contributed by atoms with Crippen molar-refractivity contribution in [3.8, 4) is 23.2 Å². The highest BCUT2D eigenvalue weighted by Crippen LogP contribution is 2.46. The van der Waals surface area contributed by atoms with Gasteiger partial charge in [-0.05, 0) is 50.4 Å². The number of benzene rings is 2. The third kappa shape index (κ3) is 5.07. The van der Waals surface area contributed by atoms with Gasteiger partial charge in [-0.15, -0.1) is 0 Å². The average molecular weight is 648 g/mol. The summed E-state index contributed by atoms with van der Waals surface area (Å²) in [5.74, 6) is -2.24. The van der Waals surface area contributed by atoms with Gasteiger partial charge in [0.2, 0.25) is 0 Å². The largest absolute Gasteiger partial charge is 0.461 e. The van der Waals surface area contributed by atoms with Gasteiger partial charge in [-0.2, -0.15) is 28.4 Å². The fourth-order valence-corrected chi connectivity index (χ4v) is 7.81. The van der Waals surface area contributed by atoms with Crippen LogP contribution in [0.1, 0.15) is 37.7 Å². The van der Waals surface area contributed by atoms with E-state index in [1.54, 1.807) is 4.90 Å². The number of hydrogen-bond acceptors (Lipinski definition) is 9. The third-order valence-corrected chi connectivity index (χ3v) is 10.1. The molecule has 236 valence electrons. The van der Waals surface area contributed by atoms with Crippen molar-refractivity contribution in [2.24, 2.45) is 5.92 Å². The number of aromatic nitrogens is 3. The van der Waals surface area contributed by atoms with Crippen molar-refractivity contribution in [2.45, 2.75) is 50.0 Å². The molecular weight excluding hydrogens is 620 g/mol. The van der Waals surface area contributed by atoms with E-state index < -0.39 is 46.2 Å². The summed E-state index contributed by atoms with van der Waals surface area (Å²) in [6, 6.07) is 4.76. The van der Waals surface area contributed by atoms with Crippen LogP contribution < -0.4 is 15.4 Å². The van der Waals surface area contributed by atoms with Crippen molar-refractivity contribution in [1.82, 2.24) is 19.9 Å².